The third-order valence-electron chi connectivity index (χ3n) is 4.52. The van der Waals surface area contributed by atoms with Crippen molar-refractivity contribution >= 4 is 34.9 Å². The fourth-order valence-corrected chi connectivity index (χ4v) is 3.05. The molecule has 0 fully saturated rings. The highest BCUT2D eigenvalue weighted by atomic mass is 16.6. The Morgan fingerprint density at radius 3 is 2.55 bits per heavy atom. The van der Waals surface area contributed by atoms with Crippen molar-refractivity contribution in [3.8, 4) is 17.4 Å². The summed E-state index contributed by atoms with van der Waals surface area (Å²) in [7, 11) is 1.52. The smallest absolute Gasteiger partial charge is 0.430 e. The Kier molecular flexibility index (Phi) is 5.85. The summed E-state index contributed by atoms with van der Waals surface area (Å²) >= 11 is 0. The van der Waals surface area contributed by atoms with Crippen LogP contribution in [0, 0.1) is 0 Å². The maximum absolute atomic E-state index is 12.5. The number of imide groups is 1. The van der Waals surface area contributed by atoms with Gasteiger partial charge in [-0.3, -0.25) is 4.57 Å². The molecule has 2 heterocycles. The molecule has 0 aliphatic carbocycles. The van der Waals surface area contributed by atoms with Crippen LogP contribution in [0.5, 0.6) is 17.4 Å². The topological polar surface area (TPSA) is 136 Å². The van der Waals surface area contributed by atoms with Crippen molar-refractivity contribution in [1.29, 1.82) is 0 Å². The quantitative estimate of drug-likeness (QED) is 0.477. The van der Waals surface area contributed by atoms with E-state index in [2.05, 4.69) is 15.3 Å². The molecule has 2 aromatic carbocycles. The monoisotopic (exact) mass is 447 g/mol. The van der Waals surface area contributed by atoms with Gasteiger partial charge in [-0.05, 0) is 30.3 Å². The largest absolute Gasteiger partial charge is 0.464 e. The van der Waals surface area contributed by atoms with Crippen LogP contribution < -0.4 is 19.7 Å². The van der Waals surface area contributed by atoms with Crippen molar-refractivity contribution in [3.63, 3.8) is 0 Å². The van der Waals surface area contributed by atoms with Crippen LogP contribution >= 0.6 is 0 Å². The summed E-state index contributed by atoms with van der Waals surface area (Å²) in [4.78, 5) is 44.4. The van der Waals surface area contributed by atoms with Gasteiger partial charge in [0.05, 0.1) is 5.52 Å². The zero-order valence-electron chi connectivity index (χ0n) is 17.2. The van der Waals surface area contributed by atoms with Gasteiger partial charge in [0.2, 0.25) is 5.88 Å². The number of rotatable bonds is 4. The molecule has 11 nitrogen and oxygen atoms in total. The molecule has 4 aromatic rings. The number of aromatic nitrogens is 3. The summed E-state index contributed by atoms with van der Waals surface area (Å²) in [6, 6.07) is 15.7. The summed E-state index contributed by atoms with van der Waals surface area (Å²) in [6.45, 7) is 0. The van der Waals surface area contributed by atoms with E-state index in [1.165, 1.54) is 29.8 Å². The van der Waals surface area contributed by atoms with E-state index in [1.807, 2.05) is 0 Å². The fourth-order valence-electron chi connectivity index (χ4n) is 3.05. The minimum absolute atomic E-state index is 0.0149. The zero-order chi connectivity index (χ0) is 23.4. The van der Waals surface area contributed by atoms with Crippen molar-refractivity contribution in [2.45, 2.75) is 0 Å². The first kappa shape index (κ1) is 21.3. The molecule has 166 valence electrons. The molecule has 3 amide bonds. The third-order valence-corrected chi connectivity index (χ3v) is 4.52. The van der Waals surface area contributed by atoms with Crippen molar-refractivity contribution in [3.05, 3.63) is 73.2 Å². The number of carbonyl (C=O) groups is 3. The van der Waals surface area contributed by atoms with Crippen LogP contribution in [0.3, 0.4) is 0 Å². The highest BCUT2D eigenvalue weighted by Gasteiger charge is 2.27. The number of amides is 3. The number of hydrogen-bond donors (Lipinski definition) is 2. The van der Waals surface area contributed by atoms with Gasteiger partial charge >= 0.3 is 18.2 Å². The van der Waals surface area contributed by atoms with E-state index in [-0.39, 0.29) is 23.5 Å². The fraction of sp³-hybridized carbons (Fsp3) is 0.0455. The van der Waals surface area contributed by atoms with Crippen LogP contribution in [-0.4, -0.2) is 44.9 Å². The standard InChI is InChI=1S/C22H17N5O6/c1-23-20(28)26-11-10-15-16(26)8-5-9-17(15)33-19-12-18(24-13-25-19)27(21(29)30)22(31)32-14-6-3-2-4-7-14/h2-13H,1H3,(H,23,28)(H,29,30). The lowest BCUT2D eigenvalue weighted by Crippen LogP contribution is -2.38. The second-order valence-electron chi connectivity index (χ2n) is 6.55. The number of para-hydroxylation sites is 1. The van der Waals surface area contributed by atoms with E-state index in [4.69, 9.17) is 9.47 Å². The summed E-state index contributed by atoms with van der Waals surface area (Å²) in [5.74, 6) is 0.266. The Morgan fingerprint density at radius 1 is 1.03 bits per heavy atom. The van der Waals surface area contributed by atoms with Gasteiger partial charge in [-0.25, -0.2) is 24.4 Å². The lowest BCUT2D eigenvalue weighted by molar-refractivity contribution is 0.187. The van der Waals surface area contributed by atoms with Gasteiger partial charge in [0.1, 0.15) is 17.8 Å². The van der Waals surface area contributed by atoms with E-state index in [0.29, 0.717) is 21.6 Å². The summed E-state index contributed by atoms with van der Waals surface area (Å²) < 4.78 is 12.3. The SMILES string of the molecule is CNC(=O)n1ccc2c(Oc3cc(N(C(=O)O)C(=O)Oc4ccccc4)ncn3)cccc21. The maximum atomic E-state index is 12.5. The Morgan fingerprint density at radius 2 is 1.82 bits per heavy atom. The number of fused-ring (bicyclic) bond motifs is 1. The first-order chi connectivity index (χ1) is 16.0. The Bertz CT molecular complexity index is 1340. The normalized spacial score (nSPS) is 10.5. The minimum Gasteiger partial charge on any atom is -0.464 e. The van der Waals surface area contributed by atoms with Gasteiger partial charge in [0, 0.05) is 24.7 Å². The molecule has 0 saturated carbocycles. The third kappa shape index (κ3) is 4.42. The average molecular weight is 447 g/mol. The molecule has 4 rings (SSSR count). The molecular weight excluding hydrogens is 430 g/mol. The molecule has 0 radical (unpaired) electrons. The average Bonchev–Trinajstić information content (AvgIpc) is 3.25. The first-order valence-electron chi connectivity index (χ1n) is 9.60. The molecule has 0 spiro atoms. The number of ether oxygens (including phenoxy) is 2. The Hall–Kier alpha value is -4.93. The number of nitrogens with zero attached hydrogens (tertiary/aromatic N) is 4. The van der Waals surface area contributed by atoms with Crippen LogP contribution in [0.1, 0.15) is 0 Å². The number of benzene rings is 2. The van der Waals surface area contributed by atoms with Gasteiger partial charge in [0.15, 0.2) is 5.82 Å². The highest BCUT2D eigenvalue weighted by molar-refractivity contribution is 6.08. The van der Waals surface area contributed by atoms with E-state index in [0.717, 1.165) is 6.33 Å². The molecule has 0 aliphatic heterocycles. The van der Waals surface area contributed by atoms with Crippen molar-refractivity contribution < 1.29 is 29.0 Å². The number of carboxylic acid groups (broad SMARTS) is 1. The van der Waals surface area contributed by atoms with E-state index < -0.39 is 12.2 Å². The Balaban J connectivity index is 1.62. The van der Waals surface area contributed by atoms with Gasteiger partial charge in [-0.1, -0.05) is 24.3 Å². The minimum atomic E-state index is -1.59. The summed E-state index contributed by atoms with van der Waals surface area (Å²) in [5, 5.41) is 12.7. The highest BCUT2D eigenvalue weighted by Crippen LogP contribution is 2.31. The molecule has 0 bridgehead atoms. The zero-order valence-corrected chi connectivity index (χ0v) is 17.2. The second-order valence-corrected chi connectivity index (χ2v) is 6.55. The van der Waals surface area contributed by atoms with Crippen molar-refractivity contribution in [2.24, 2.45) is 0 Å². The molecule has 2 N–H and O–H groups in total. The van der Waals surface area contributed by atoms with Crippen LogP contribution in [-0.2, 0) is 0 Å². The van der Waals surface area contributed by atoms with E-state index in [9.17, 15) is 19.5 Å². The van der Waals surface area contributed by atoms with Crippen LogP contribution in [0.4, 0.5) is 20.2 Å². The molecular formula is C22H17N5O6. The number of hydrogen-bond acceptors (Lipinski definition) is 7. The Labute approximate surface area is 186 Å². The maximum Gasteiger partial charge on any atom is 0.430 e. The molecule has 11 heteroatoms. The van der Waals surface area contributed by atoms with E-state index in [1.54, 1.807) is 48.7 Å². The molecule has 2 aromatic heterocycles. The summed E-state index contributed by atoms with van der Waals surface area (Å²) in [5.41, 5.74) is 0.597. The first-order valence-corrected chi connectivity index (χ1v) is 9.60. The predicted molar refractivity (Wildman–Crippen MR) is 117 cm³/mol. The molecule has 0 atom stereocenters. The lowest BCUT2D eigenvalue weighted by atomic mass is 10.2. The van der Waals surface area contributed by atoms with Gasteiger partial charge < -0.3 is 19.9 Å². The van der Waals surface area contributed by atoms with Crippen molar-refractivity contribution in [2.75, 3.05) is 11.9 Å². The number of nitrogens with one attached hydrogen (secondary N) is 1. The van der Waals surface area contributed by atoms with Crippen LogP contribution in [0.15, 0.2) is 73.2 Å². The van der Waals surface area contributed by atoms with Gasteiger partial charge in [0.25, 0.3) is 0 Å². The lowest BCUT2D eigenvalue weighted by Gasteiger charge is -2.16. The number of anilines is 1. The second kappa shape index (κ2) is 9.06. The summed E-state index contributed by atoms with van der Waals surface area (Å²) in [6.07, 6.45) is -0.104. The van der Waals surface area contributed by atoms with Gasteiger partial charge in [-0.2, -0.15) is 4.90 Å². The molecule has 0 unspecified atom stereocenters. The predicted octanol–water partition coefficient (Wildman–Crippen LogP) is 4.09. The number of carbonyl (C=O) groups excluding carboxylic acids is 2. The van der Waals surface area contributed by atoms with Crippen LogP contribution in [0.25, 0.3) is 10.9 Å². The molecule has 33 heavy (non-hydrogen) atoms. The molecule has 0 aliphatic rings. The molecule has 0 saturated heterocycles. The van der Waals surface area contributed by atoms with Gasteiger partial charge in [-0.15, -0.1) is 0 Å². The van der Waals surface area contributed by atoms with Crippen molar-refractivity contribution in [1.82, 2.24) is 19.9 Å². The van der Waals surface area contributed by atoms with E-state index >= 15 is 0 Å². The van der Waals surface area contributed by atoms with Crippen LogP contribution in [0.2, 0.25) is 0 Å².